The van der Waals surface area contributed by atoms with Crippen LogP contribution in [-0.2, 0) is 11.2 Å². The molecule has 0 aliphatic rings. The number of hydrogen-bond donors (Lipinski definition) is 3. The van der Waals surface area contributed by atoms with E-state index in [1.54, 1.807) is 6.26 Å². The third-order valence-corrected chi connectivity index (χ3v) is 2.91. The molecule has 0 aliphatic heterocycles. The summed E-state index contributed by atoms with van der Waals surface area (Å²) in [5.41, 5.74) is 5.50. The first-order valence-corrected chi connectivity index (χ1v) is 5.72. The van der Waals surface area contributed by atoms with Gasteiger partial charge in [0.25, 0.3) is 0 Å². The Morgan fingerprint density at radius 3 is 2.75 bits per heavy atom. The van der Waals surface area contributed by atoms with Crippen molar-refractivity contribution in [2.24, 2.45) is 5.73 Å². The van der Waals surface area contributed by atoms with E-state index in [0.717, 1.165) is 11.8 Å². The lowest BCUT2D eigenvalue weighted by Crippen LogP contribution is -2.32. The fourth-order valence-electron chi connectivity index (χ4n) is 1.26. The van der Waals surface area contributed by atoms with Crippen LogP contribution < -0.4 is 5.73 Å². The first kappa shape index (κ1) is 12.8. The quantitative estimate of drug-likeness (QED) is 0.694. The van der Waals surface area contributed by atoms with Crippen LogP contribution in [0.5, 0.6) is 5.75 Å². The summed E-state index contributed by atoms with van der Waals surface area (Å²) in [7, 11) is 0. The van der Waals surface area contributed by atoms with Crippen molar-refractivity contribution in [3.05, 3.63) is 23.5 Å². The molecule has 0 bridgehead atoms. The average Bonchev–Trinajstić information content (AvgIpc) is 2.22. The van der Waals surface area contributed by atoms with E-state index in [1.807, 2.05) is 0 Å². The van der Waals surface area contributed by atoms with E-state index in [4.69, 9.17) is 10.8 Å². The van der Waals surface area contributed by atoms with E-state index in [2.05, 4.69) is 0 Å². The number of carboxylic acids is 1. The Morgan fingerprint density at radius 1 is 1.62 bits per heavy atom. The molecule has 88 valence electrons. The highest BCUT2D eigenvalue weighted by Crippen LogP contribution is 2.31. The molecule has 1 atom stereocenters. The number of thioether (sulfide) groups is 1. The highest BCUT2D eigenvalue weighted by Gasteiger charge is 2.18. The second-order valence-corrected chi connectivity index (χ2v) is 4.06. The number of phenolic OH excluding ortho intramolecular Hbond substituents is 1. The topological polar surface area (TPSA) is 83.5 Å². The lowest BCUT2D eigenvalue weighted by molar-refractivity contribution is -0.138. The Morgan fingerprint density at radius 2 is 2.25 bits per heavy atom. The zero-order valence-electron chi connectivity index (χ0n) is 8.61. The van der Waals surface area contributed by atoms with Crippen molar-refractivity contribution in [1.29, 1.82) is 0 Å². The summed E-state index contributed by atoms with van der Waals surface area (Å²) < 4.78 is 13.7. The van der Waals surface area contributed by atoms with Gasteiger partial charge in [0, 0.05) is 6.42 Å². The van der Waals surface area contributed by atoms with Gasteiger partial charge >= 0.3 is 5.97 Å². The van der Waals surface area contributed by atoms with Crippen LogP contribution in [0.3, 0.4) is 0 Å². The maximum atomic E-state index is 13.7. The monoisotopic (exact) mass is 245 g/mol. The van der Waals surface area contributed by atoms with E-state index >= 15 is 0 Å². The van der Waals surface area contributed by atoms with Crippen molar-refractivity contribution < 1.29 is 19.4 Å². The molecular formula is C10H12FNO3S. The lowest BCUT2D eigenvalue weighted by Gasteiger charge is -2.10. The Bertz CT molecular complexity index is 411. The van der Waals surface area contributed by atoms with E-state index in [0.29, 0.717) is 0 Å². The highest BCUT2D eigenvalue weighted by molar-refractivity contribution is 7.98. The van der Waals surface area contributed by atoms with E-state index in [9.17, 15) is 14.3 Å². The van der Waals surface area contributed by atoms with Gasteiger partial charge in [-0.05, 0) is 17.9 Å². The maximum Gasteiger partial charge on any atom is 0.320 e. The van der Waals surface area contributed by atoms with Gasteiger partial charge in [-0.1, -0.05) is 6.07 Å². The van der Waals surface area contributed by atoms with Gasteiger partial charge in [-0.15, -0.1) is 11.8 Å². The molecule has 0 amide bonds. The Hall–Kier alpha value is -1.27. The van der Waals surface area contributed by atoms with Crippen molar-refractivity contribution in [2.45, 2.75) is 17.4 Å². The van der Waals surface area contributed by atoms with E-state index in [1.165, 1.54) is 12.1 Å². The molecular weight excluding hydrogens is 233 g/mol. The normalized spacial score (nSPS) is 12.4. The molecule has 0 heterocycles. The van der Waals surface area contributed by atoms with Crippen LogP contribution in [0.4, 0.5) is 4.39 Å². The number of aliphatic carboxylic acids is 1. The molecule has 4 N–H and O–H groups in total. The predicted octanol–water partition coefficient (Wildman–Crippen LogP) is 1.21. The SMILES string of the molecule is CSc1c(O)ccc(CC(N)C(=O)O)c1F. The fourth-order valence-corrected chi connectivity index (χ4v) is 1.85. The summed E-state index contributed by atoms with van der Waals surface area (Å²) in [6.07, 6.45) is 1.52. The Labute approximate surface area is 96.3 Å². The number of rotatable bonds is 4. The third kappa shape index (κ3) is 2.65. The number of carbonyl (C=O) groups is 1. The van der Waals surface area contributed by atoms with E-state index < -0.39 is 17.8 Å². The Kier molecular flexibility index (Phi) is 4.14. The van der Waals surface area contributed by atoms with Gasteiger partial charge in [0.15, 0.2) is 0 Å². The van der Waals surface area contributed by atoms with Crippen molar-refractivity contribution in [2.75, 3.05) is 6.26 Å². The fraction of sp³-hybridized carbons (Fsp3) is 0.300. The third-order valence-electron chi connectivity index (χ3n) is 2.12. The average molecular weight is 245 g/mol. The molecule has 0 saturated heterocycles. The molecule has 4 nitrogen and oxygen atoms in total. The molecule has 1 aromatic rings. The first-order chi connectivity index (χ1) is 7.47. The van der Waals surface area contributed by atoms with Crippen molar-refractivity contribution >= 4 is 17.7 Å². The minimum atomic E-state index is -1.18. The van der Waals surface area contributed by atoms with Crippen LogP contribution in [0.1, 0.15) is 5.56 Å². The van der Waals surface area contributed by atoms with Gasteiger partial charge in [-0.25, -0.2) is 4.39 Å². The number of halogens is 1. The number of benzene rings is 1. The Balaban J connectivity index is 3.02. The standard InChI is InChI=1S/C10H12FNO3S/c1-16-9-7(13)3-2-5(8(9)11)4-6(12)10(14)15/h2-3,6,13H,4,12H2,1H3,(H,14,15). The zero-order valence-corrected chi connectivity index (χ0v) is 9.42. The van der Waals surface area contributed by atoms with Gasteiger partial charge in [0.2, 0.25) is 0 Å². The zero-order chi connectivity index (χ0) is 12.3. The van der Waals surface area contributed by atoms with Gasteiger partial charge < -0.3 is 15.9 Å². The molecule has 0 radical (unpaired) electrons. The van der Waals surface area contributed by atoms with Crippen LogP contribution in [0.15, 0.2) is 17.0 Å². The number of hydrogen-bond acceptors (Lipinski definition) is 4. The molecule has 0 spiro atoms. The minimum Gasteiger partial charge on any atom is -0.507 e. The molecule has 1 unspecified atom stereocenters. The number of phenols is 1. The minimum absolute atomic E-state index is 0.102. The number of aromatic hydroxyl groups is 1. The number of carboxylic acid groups (broad SMARTS) is 1. The smallest absolute Gasteiger partial charge is 0.320 e. The van der Waals surface area contributed by atoms with Crippen LogP contribution in [-0.4, -0.2) is 28.5 Å². The van der Waals surface area contributed by atoms with Crippen molar-refractivity contribution in [3.8, 4) is 5.75 Å². The predicted molar refractivity (Wildman–Crippen MR) is 59.2 cm³/mol. The molecule has 0 aliphatic carbocycles. The summed E-state index contributed by atoms with van der Waals surface area (Å²) in [5, 5.41) is 18.0. The molecule has 16 heavy (non-hydrogen) atoms. The first-order valence-electron chi connectivity index (χ1n) is 4.50. The van der Waals surface area contributed by atoms with Gasteiger partial charge in [-0.2, -0.15) is 0 Å². The second kappa shape index (κ2) is 5.18. The summed E-state index contributed by atoms with van der Waals surface area (Å²) >= 11 is 1.06. The number of nitrogens with two attached hydrogens (primary N) is 1. The summed E-state index contributed by atoms with van der Waals surface area (Å²) in [6, 6.07) is 1.53. The lowest BCUT2D eigenvalue weighted by atomic mass is 10.1. The highest BCUT2D eigenvalue weighted by atomic mass is 32.2. The summed E-state index contributed by atoms with van der Waals surface area (Å²) in [5.74, 6) is -1.94. The van der Waals surface area contributed by atoms with Crippen molar-refractivity contribution in [1.82, 2.24) is 0 Å². The van der Waals surface area contributed by atoms with Crippen LogP contribution in [0.2, 0.25) is 0 Å². The largest absolute Gasteiger partial charge is 0.507 e. The molecule has 0 fully saturated rings. The molecule has 0 aromatic heterocycles. The van der Waals surface area contributed by atoms with Gasteiger partial charge in [0.05, 0.1) is 4.90 Å². The van der Waals surface area contributed by atoms with E-state index in [-0.39, 0.29) is 22.6 Å². The molecule has 1 aromatic carbocycles. The van der Waals surface area contributed by atoms with Crippen molar-refractivity contribution in [3.63, 3.8) is 0 Å². The van der Waals surface area contributed by atoms with Gasteiger partial charge in [0.1, 0.15) is 17.6 Å². The summed E-state index contributed by atoms with van der Waals surface area (Å²) in [4.78, 5) is 10.6. The molecule has 6 heteroatoms. The molecule has 0 saturated carbocycles. The maximum absolute atomic E-state index is 13.7. The summed E-state index contributed by atoms with van der Waals surface area (Å²) in [6.45, 7) is 0. The van der Waals surface area contributed by atoms with Crippen LogP contribution >= 0.6 is 11.8 Å². The molecule has 1 rings (SSSR count). The van der Waals surface area contributed by atoms with Crippen LogP contribution in [0, 0.1) is 5.82 Å². The van der Waals surface area contributed by atoms with Crippen LogP contribution in [0.25, 0.3) is 0 Å². The second-order valence-electron chi connectivity index (χ2n) is 3.24. The van der Waals surface area contributed by atoms with Gasteiger partial charge in [-0.3, -0.25) is 4.79 Å².